The molecule has 0 unspecified atom stereocenters. The molecule has 0 fully saturated rings. The average molecular weight is 237 g/mol. The first-order chi connectivity index (χ1) is 8.08. The van der Waals surface area contributed by atoms with E-state index in [0.29, 0.717) is 12.5 Å². The van der Waals surface area contributed by atoms with Crippen molar-refractivity contribution in [3.63, 3.8) is 0 Å². The van der Waals surface area contributed by atoms with Crippen molar-refractivity contribution in [1.29, 1.82) is 0 Å². The highest BCUT2D eigenvalue weighted by molar-refractivity contribution is 5.39. The minimum Gasteiger partial charge on any atom is -0.395 e. The van der Waals surface area contributed by atoms with Crippen LogP contribution in [0.25, 0.3) is 0 Å². The van der Waals surface area contributed by atoms with Crippen molar-refractivity contribution >= 4 is 5.82 Å². The second kappa shape index (κ2) is 6.55. The van der Waals surface area contributed by atoms with Crippen molar-refractivity contribution in [2.75, 3.05) is 24.6 Å². The molecule has 0 aliphatic heterocycles. The molecule has 96 valence electrons. The molecule has 0 radical (unpaired) electrons. The molecular weight excluding hydrogens is 214 g/mol. The van der Waals surface area contributed by atoms with E-state index in [1.807, 2.05) is 13.0 Å². The summed E-state index contributed by atoms with van der Waals surface area (Å²) >= 11 is 0. The predicted molar refractivity (Wildman–Crippen MR) is 70.4 cm³/mol. The maximum atomic E-state index is 9.09. The minimum absolute atomic E-state index is 0.153. The van der Waals surface area contributed by atoms with Gasteiger partial charge in [0.1, 0.15) is 11.6 Å². The molecule has 1 N–H and O–H groups in total. The zero-order chi connectivity index (χ0) is 12.8. The highest BCUT2D eigenvalue weighted by Gasteiger charge is 2.11. The number of nitrogens with zero attached hydrogens (tertiary/aromatic N) is 3. The number of aromatic nitrogens is 2. The zero-order valence-corrected chi connectivity index (χ0v) is 11.3. The third-order valence-electron chi connectivity index (χ3n) is 2.56. The monoisotopic (exact) mass is 237 g/mol. The Bertz CT molecular complexity index is 347. The van der Waals surface area contributed by atoms with Gasteiger partial charge in [-0.25, -0.2) is 9.97 Å². The molecule has 0 amide bonds. The molecule has 0 atom stereocenters. The summed E-state index contributed by atoms with van der Waals surface area (Å²) in [7, 11) is 0. The third kappa shape index (κ3) is 3.97. The topological polar surface area (TPSA) is 49.2 Å². The van der Waals surface area contributed by atoms with E-state index in [0.717, 1.165) is 30.3 Å². The van der Waals surface area contributed by atoms with E-state index in [9.17, 15) is 0 Å². The Balaban J connectivity index is 3.00. The lowest BCUT2D eigenvalue weighted by Gasteiger charge is -2.23. The summed E-state index contributed by atoms with van der Waals surface area (Å²) in [6.45, 7) is 9.99. The fourth-order valence-electron chi connectivity index (χ4n) is 1.73. The van der Waals surface area contributed by atoms with Crippen molar-refractivity contribution in [2.24, 2.45) is 0 Å². The quantitative estimate of drug-likeness (QED) is 0.823. The molecule has 4 heteroatoms. The van der Waals surface area contributed by atoms with E-state index in [-0.39, 0.29) is 6.61 Å². The van der Waals surface area contributed by atoms with Crippen molar-refractivity contribution < 1.29 is 5.11 Å². The first-order valence-corrected chi connectivity index (χ1v) is 6.29. The van der Waals surface area contributed by atoms with Crippen LogP contribution >= 0.6 is 0 Å². The van der Waals surface area contributed by atoms with Gasteiger partial charge in [-0.3, -0.25) is 0 Å². The van der Waals surface area contributed by atoms with Gasteiger partial charge in [0.25, 0.3) is 0 Å². The fourth-order valence-corrected chi connectivity index (χ4v) is 1.73. The fraction of sp³-hybridized carbons (Fsp3) is 0.692. The lowest BCUT2D eigenvalue weighted by molar-refractivity contribution is 0.301. The normalized spacial score (nSPS) is 10.9. The molecule has 0 saturated heterocycles. The van der Waals surface area contributed by atoms with Crippen LogP contribution in [0.2, 0.25) is 0 Å². The number of anilines is 1. The van der Waals surface area contributed by atoms with Crippen molar-refractivity contribution in [1.82, 2.24) is 9.97 Å². The summed E-state index contributed by atoms with van der Waals surface area (Å²) < 4.78 is 0. The molecule has 0 saturated carbocycles. The highest BCUT2D eigenvalue weighted by Crippen LogP contribution is 2.17. The summed E-state index contributed by atoms with van der Waals surface area (Å²) in [4.78, 5) is 11.1. The molecule has 0 bridgehead atoms. The van der Waals surface area contributed by atoms with Gasteiger partial charge >= 0.3 is 0 Å². The average Bonchev–Trinajstić information content (AvgIpc) is 2.28. The van der Waals surface area contributed by atoms with Crippen LogP contribution in [0.15, 0.2) is 6.07 Å². The van der Waals surface area contributed by atoms with Crippen LogP contribution in [0.5, 0.6) is 0 Å². The first kappa shape index (κ1) is 13.9. The Hall–Kier alpha value is -1.16. The van der Waals surface area contributed by atoms with Gasteiger partial charge in [0.2, 0.25) is 0 Å². The lowest BCUT2D eigenvalue weighted by atomic mass is 10.2. The number of aliphatic hydroxyl groups excluding tert-OH is 1. The van der Waals surface area contributed by atoms with Crippen LogP contribution in [0.4, 0.5) is 5.82 Å². The van der Waals surface area contributed by atoms with Crippen LogP contribution in [-0.2, 0) is 0 Å². The van der Waals surface area contributed by atoms with Crippen LogP contribution in [0.1, 0.15) is 44.6 Å². The van der Waals surface area contributed by atoms with Gasteiger partial charge in [-0.05, 0) is 13.3 Å². The van der Waals surface area contributed by atoms with E-state index in [4.69, 9.17) is 5.11 Å². The van der Waals surface area contributed by atoms with Gasteiger partial charge in [-0.15, -0.1) is 0 Å². The Labute approximate surface area is 104 Å². The Morgan fingerprint density at radius 2 is 2.00 bits per heavy atom. The Morgan fingerprint density at radius 3 is 2.53 bits per heavy atom. The number of hydrogen-bond acceptors (Lipinski definition) is 4. The number of aliphatic hydroxyl groups is 1. The molecule has 1 aromatic heterocycles. The van der Waals surface area contributed by atoms with Crippen molar-refractivity contribution in [3.05, 3.63) is 17.6 Å². The van der Waals surface area contributed by atoms with E-state index in [2.05, 4.69) is 35.6 Å². The van der Waals surface area contributed by atoms with Crippen LogP contribution in [-0.4, -0.2) is 34.8 Å². The third-order valence-corrected chi connectivity index (χ3v) is 2.56. The molecule has 1 aromatic rings. The molecule has 0 aromatic carbocycles. The SMILES string of the molecule is CCCN(CCO)c1cc(C)nc(C(C)C)n1. The Kier molecular flexibility index (Phi) is 5.35. The van der Waals surface area contributed by atoms with Crippen molar-refractivity contribution in [2.45, 2.75) is 40.0 Å². The van der Waals surface area contributed by atoms with Gasteiger partial charge in [0.05, 0.1) is 6.61 Å². The van der Waals surface area contributed by atoms with E-state index >= 15 is 0 Å². The second-order valence-electron chi connectivity index (χ2n) is 4.59. The molecule has 4 nitrogen and oxygen atoms in total. The molecule has 1 heterocycles. The van der Waals surface area contributed by atoms with Crippen molar-refractivity contribution in [3.8, 4) is 0 Å². The summed E-state index contributed by atoms with van der Waals surface area (Å²) in [5.74, 6) is 2.13. The zero-order valence-electron chi connectivity index (χ0n) is 11.3. The first-order valence-electron chi connectivity index (χ1n) is 6.29. The van der Waals surface area contributed by atoms with Gasteiger partial charge in [-0.1, -0.05) is 20.8 Å². The standard InChI is InChI=1S/C13H23N3O/c1-5-6-16(7-8-17)12-9-11(4)14-13(15-12)10(2)3/h9-10,17H,5-8H2,1-4H3. The second-order valence-corrected chi connectivity index (χ2v) is 4.59. The molecule has 17 heavy (non-hydrogen) atoms. The summed E-state index contributed by atoms with van der Waals surface area (Å²) in [5, 5.41) is 9.09. The molecule has 0 aliphatic rings. The summed E-state index contributed by atoms with van der Waals surface area (Å²) in [5.41, 5.74) is 0.984. The molecule has 0 aliphatic carbocycles. The molecule has 0 spiro atoms. The lowest BCUT2D eigenvalue weighted by Crippen LogP contribution is -2.28. The van der Waals surface area contributed by atoms with Gasteiger partial charge < -0.3 is 10.0 Å². The van der Waals surface area contributed by atoms with Gasteiger partial charge in [-0.2, -0.15) is 0 Å². The molecular formula is C13H23N3O. The highest BCUT2D eigenvalue weighted by atomic mass is 16.3. The number of rotatable bonds is 6. The maximum Gasteiger partial charge on any atom is 0.133 e. The van der Waals surface area contributed by atoms with E-state index in [1.165, 1.54) is 0 Å². The maximum absolute atomic E-state index is 9.09. The van der Waals surface area contributed by atoms with E-state index in [1.54, 1.807) is 0 Å². The predicted octanol–water partition coefficient (Wildman–Crippen LogP) is 2.12. The van der Waals surface area contributed by atoms with E-state index < -0.39 is 0 Å². The summed E-state index contributed by atoms with van der Waals surface area (Å²) in [6.07, 6.45) is 1.04. The van der Waals surface area contributed by atoms with Crippen LogP contribution in [0, 0.1) is 6.92 Å². The molecule has 1 rings (SSSR count). The van der Waals surface area contributed by atoms with Gasteiger partial charge in [0, 0.05) is 30.8 Å². The largest absolute Gasteiger partial charge is 0.395 e. The van der Waals surface area contributed by atoms with Crippen LogP contribution in [0.3, 0.4) is 0 Å². The Morgan fingerprint density at radius 1 is 1.29 bits per heavy atom. The number of aryl methyl sites for hydroxylation is 1. The summed E-state index contributed by atoms with van der Waals surface area (Å²) in [6, 6.07) is 1.98. The number of hydrogen-bond donors (Lipinski definition) is 1. The minimum atomic E-state index is 0.153. The smallest absolute Gasteiger partial charge is 0.133 e. The van der Waals surface area contributed by atoms with Gasteiger partial charge in [0.15, 0.2) is 0 Å². The van der Waals surface area contributed by atoms with Crippen LogP contribution < -0.4 is 4.90 Å².